The molecule has 2 aromatic carbocycles. The van der Waals surface area contributed by atoms with Gasteiger partial charge in [0.05, 0.1) is 18.1 Å². The number of rotatable bonds is 10. The number of nitrogens with one attached hydrogen (secondary N) is 1. The van der Waals surface area contributed by atoms with E-state index in [2.05, 4.69) is 0 Å². The molecule has 0 amide bonds. The van der Waals surface area contributed by atoms with Crippen LogP contribution in [-0.2, 0) is 46.2 Å². The number of hydrogen-bond donors (Lipinski definition) is 1. The van der Waals surface area contributed by atoms with Gasteiger partial charge >= 0.3 is 5.69 Å². The van der Waals surface area contributed by atoms with Crippen molar-refractivity contribution in [2.75, 3.05) is 0 Å². The monoisotopic (exact) mass is 481 g/mol. The molecule has 0 saturated carbocycles. The number of ketones is 1. The summed E-state index contributed by atoms with van der Waals surface area (Å²) in [5, 5.41) is 7.63. The average Bonchev–Trinajstić information content (AvgIpc) is 2.79. The maximum absolute atomic E-state index is 12.9. The molecule has 3 rings (SSSR count). The molecule has 0 spiro atoms. The van der Waals surface area contributed by atoms with Crippen LogP contribution in [0.3, 0.4) is 0 Å². The van der Waals surface area contributed by atoms with E-state index in [0.717, 1.165) is 20.3 Å². The first-order valence-corrected chi connectivity index (χ1v) is 12.6. The van der Waals surface area contributed by atoms with E-state index in [-0.39, 0.29) is 23.5 Å². The first-order valence-electron chi connectivity index (χ1n) is 10.8. The molecule has 1 N–H and O–H groups in total. The fourth-order valence-corrected chi connectivity index (χ4v) is 5.08. The van der Waals surface area contributed by atoms with E-state index in [1.807, 2.05) is 24.3 Å². The number of Topliss-reactive ketones (excluding diaryl/α,β-unsaturated/α-hetero) is 1. The number of aryl methyl sites for hydroxylation is 2. The Morgan fingerprint density at radius 2 is 1.59 bits per heavy atom. The summed E-state index contributed by atoms with van der Waals surface area (Å²) < 4.78 is 27.3. The molecule has 3 aromatic rings. The predicted molar refractivity (Wildman–Crippen MR) is 131 cm³/mol. The second-order valence-electron chi connectivity index (χ2n) is 8.32. The summed E-state index contributed by atoms with van der Waals surface area (Å²) in [5.74, 6) is -1.07. The molecule has 0 aliphatic heterocycles. The Kier molecular flexibility index (Phi) is 7.78. The molecule has 0 aliphatic carbocycles. The second-order valence-corrected chi connectivity index (χ2v) is 10.4. The molecule has 0 unspecified atom stereocenters. The molecule has 0 bridgehead atoms. The Labute approximate surface area is 197 Å². The van der Waals surface area contributed by atoms with Crippen molar-refractivity contribution in [3.63, 3.8) is 0 Å². The van der Waals surface area contributed by atoms with Gasteiger partial charge in [-0.05, 0) is 30.0 Å². The summed E-state index contributed by atoms with van der Waals surface area (Å²) in [4.78, 5) is 38.0. The van der Waals surface area contributed by atoms with Crippen LogP contribution in [0.1, 0.15) is 35.6 Å². The zero-order valence-corrected chi connectivity index (χ0v) is 20.0. The van der Waals surface area contributed by atoms with Crippen molar-refractivity contribution in [2.45, 2.75) is 37.8 Å². The molecule has 0 atom stereocenters. The minimum absolute atomic E-state index is 0.0524. The van der Waals surface area contributed by atoms with Crippen molar-refractivity contribution in [3.8, 4) is 0 Å². The number of aromatic nitrogens is 2. The highest BCUT2D eigenvalue weighted by Crippen LogP contribution is 2.11. The highest BCUT2D eigenvalue weighted by atomic mass is 32.2. The van der Waals surface area contributed by atoms with Crippen LogP contribution in [0.2, 0.25) is 0 Å². The largest absolute Gasteiger partial charge is 0.331 e. The molecule has 178 valence electrons. The van der Waals surface area contributed by atoms with Crippen LogP contribution < -0.4 is 11.2 Å². The van der Waals surface area contributed by atoms with Gasteiger partial charge in [-0.3, -0.25) is 14.2 Å². The molecule has 1 heterocycles. The van der Waals surface area contributed by atoms with E-state index in [0.29, 0.717) is 17.7 Å². The van der Waals surface area contributed by atoms with Crippen LogP contribution in [0.5, 0.6) is 0 Å². The quantitative estimate of drug-likeness (QED) is 0.446. The molecular formula is C25H27N3O5S. The summed E-state index contributed by atoms with van der Waals surface area (Å²) in [6.07, 6.45) is 1.77. The lowest BCUT2D eigenvalue weighted by Crippen LogP contribution is -2.42. The average molecular weight is 482 g/mol. The van der Waals surface area contributed by atoms with Gasteiger partial charge in [-0.15, -0.1) is 0 Å². The van der Waals surface area contributed by atoms with Crippen molar-refractivity contribution >= 4 is 21.3 Å². The number of nitrogens with zero attached hydrogens (tertiary/aromatic N) is 2. The van der Waals surface area contributed by atoms with Crippen LogP contribution in [0.15, 0.2) is 70.4 Å². The van der Waals surface area contributed by atoms with E-state index in [1.165, 1.54) is 13.2 Å². The molecule has 8 nitrogen and oxygen atoms in total. The third kappa shape index (κ3) is 6.48. The van der Waals surface area contributed by atoms with E-state index >= 15 is 0 Å². The second kappa shape index (κ2) is 10.6. The molecule has 0 fully saturated rings. The zero-order valence-electron chi connectivity index (χ0n) is 19.2. The Hall–Kier alpha value is -3.59. The normalized spacial score (nSPS) is 11.4. The Morgan fingerprint density at radius 1 is 0.941 bits per heavy atom. The fraction of sp³-hybridized carbons (Fsp3) is 0.280. The Morgan fingerprint density at radius 3 is 2.21 bits per heavy atom. The molecule has 0 saturated heterocycles. The molecule has 0 radical (unpaired) electrons. The molecular weight excluding hydrogens is 454 g/mol. The number of carbonyl (C=O) groups is 1. The number of hydrogen-bond acceptors (Lipinski definition) is 6. The van der Waals surface area contributed by atoms with Crippen molar-refractivity contribution in [3.05, 3.63) is 104 Å². The van der Waals surface area contributed by atoms with Gasteiger partial charge in [-0.2, -0.15) is 0 Å². The maximum Gasteiger partial charge on any atom is 0.331 e. The third-order valence-corrected chi connectivity index (χ3v) is 6.94. The topological polar surface area (TPSA) is 119 Å². The molecule has 0 aliphatic rings. The SMILES string of the molecule is CC(=N)c1ccc(CCC(=O)Cn2c(=O)c(CS(=O)(=O)Cc3ccccc3)cn(C)c2=O)cc1. The van der Waals surface area contributed by atoms with Crippen LogP contribution in [-0.4, -0.2) is 29.0 Å². The van der Waals surface area contributed by atoms with Gasteiger partial charge in [-0.1, -0.05) is 54.6 Å². The van der Waals surface area contributed by atoms with Crippen molar-refractivity contribution < 1.29 is 13.2 Å². The third-order valence-electron chi connectivity index (χ3n) is 5.42. The highest BCUT2D eigenvalue weighted by molar-refractivity contribution is 7.89. The summed E-state index contributed by atoms with van der Waals surface area (Å²) in [6, 6.07) is 15.9. The number of carbonyl (C=O) groups excluding carboxylic acids is 1. The standard InChI is InChI=1S/C25H27N3O5S/c1-18(26)21-11-8-19(9-12-21)10-13-23(29)15-28-24(30)22(14-27(2)25(28)31)17-34(32,33)16-20-6-4-3-5-7-20/h3-9,11-12,14,26H,10,13,15-17H2,1-2H3. The van der Waals surface area contributed by atoms with Crippen LogP contribution in [0.4, 0.5) is 0 Å². The van der Waals surface area contributed by atoms with Gasteiger partial charge in [0.2, 0.25) is 0 Å². The first-order chi connectivity index (χ1) is 16.1. The summed E-state index contributed by atoms with van der Waals surface area (Å²) >= 11 is 0. The molecule has 9 heteroatoms. The minimum Gasteiger partial charge on any atom is -0.305 e. The lowest BCUT2D eigenvalue weighted by Gasteiger charge is -2.11. The van der Waals surface area contributed by atoms with E-state index < -0.39 is 33.4 Å². The van der Waals surface area contributed by atoms with E-state index in [4.69, 9.17) is 5.41 Å². The smallest absolute Gasteiger partial charge is 0.305 e. The van der Waals surface area contributed by atoms with Crippen LogP contribution in [0, 0.1) is 5.41 Å². The van der Waals surface area contributed by atoms with E-state index in [9.17, 15) is 22.8 Å². The van der Waals surface area contributed by atoms with Gasteiger partial charge in [0.25, 0.3) is 5.56 Å². The Balaban J connectivity index is 1.74. The number of sulfone groups is 1. The van der Waals surface area contributed by atoms with Gasteiger partial charge < -0.3 is 9.98 Å². The van der Waals surface area contributed by atoms with Gasteiger partial charge in [0.15, 0.2) is 15.6 Å². The summed E-state index contributed by atoms with van der Waals surface area (Å²) in [6.45, 7) is 1.27. The molecule has 34 heavy (non-hydrogen) atoms. The predicted octanol–water partition coefficient (Wildman–Crippen LogP) is 2.25. The Bertz CT molecular complexity index is 1420. The van der Waals surface area contributed by atoms with Gasteiger partial charge in [-0.25, -0.2) is 13.2 Å². The summed E-state index contributed by atoms with van der Waals surface area (Å²) in [7, 11) is -2.25. The minimum atomic E-state index is -3.67. The van der Waals surface area contributed by atoms with Crippen LogP contribution in [0.25, 0.3) is 0 Å². The summed E-state index contributed by atoms with van der Waals surface area (Å²) in [5.41, 5.74) is 1.26. The van der Waals surface area contributed by atoms with Gasteiger partial charge in [0, 0.05) is 30.9 Å². The van der Waals surface area contributed by atoms with Crippen LogP contribution >= 0.6 is 0 Å². The first kappa shape index (κ1) is 25.0. The van der Waals surface area contributed by atoms with Crippen molar-refractivity contribution in [1.29, 1.82) is 5.41 Å². The zero-order chi connectivity index (χ0) is 24.9. The number of benzene rings is 2. The van der Waals surface area contributed by atoms with E-state index in [1.54, 1.807) is 37.3 Å². The lowest BCUT2D eigenvalue weighted by atomic mass is 10.0. The maximum atomic E-state index is 12.9. The van der Waals surface area contributed by atoms with Crippen molar-refractivity contribution in [1.82, 2.24) is 9.13 Å². The highest BCUT2D eigenvalue weighted by Gasteiger charge is 2.19. The van der Waals surface area contributed by atoms with Gasteiger partial charge in [0.1, 0.15) is 0 Å². The molecule has 1 aromatic heterocycles. The van der Waals surface area contributed by atoms with Crippen molar-refractivity contribution in [2.24, 2.45) is 7.05 Å². The lowest BCUT2D eigenvalue weighted by molar-refractivity contribution is -0.119. The fourth-order valence-electron chi connectivity index (χ4n) is 3.61.